The summed E-state index contributed by atoms with van der Waals surface area (Å²) < 4.78 is 55.5. The molecule has 0 atom stereocenters. The monoisotopic (exact) mass is 396 g/mol. The SMILES string of the molecule is CCCOc1c(-c2ccccc2S(C)(=O)=O)cccc1S(=O)(=O)CCC. The molecule has 0 amide bonds. The summed E-state index contributed by atoms with van der Waals surface area (Å²) in [6.07, 6.45) is 2.32. The lowest BCUT2D eigenvalue weighted by molar-refractivity contribution is 0.310. The summed E-state index contributed by atoms with van der Waals surface area (Å²) in [6, 6.07) is 11.4. The standard InChI is InChI=1S/C19H24O5S2/c1-4-13-24-19-16(10-8-12-18(19)26(22,23)14-5-2)15-9-6-7-11-17(15)25(3,20)21/h6-12H,4-5,13-14H2,1-3H3. The van der Waals surface area contributed by atoms with Gasteiger partial charge in [-0.2, -0.15) is 0 Å². The Balaban J connectivity index is 2.79. The molecule has 0 aliphatic carbocycles. The van der Waals surface area contributed by atoms with Crippen LogP contribution in [0.15, 0.2) is 52.3 Å². The number of sulfone groups is 2. The van der Waals surface area contributed by atoms with Crippen LogP contribution in [-0.4, -0.2) is 35.5 Å². The number of ether oxygens (including phenoxy) is 1. The van der Waals surface area contributed by atoms with E-state index in [0.29, 0.717) is 30.6 Å². The molecule has 0 saturated carbocycles. The van der Waals surface area contributed by atoms with Gasteiger partial charge in [-0.15, -0.1) is 0 Å². The van der Waals surface area contributed by atoms with Gasteiger partial charge in [-0.25, -0.2) is 16.8 Å². The molecule has 0 aliphatic heterocycles. The number of para-hydroxylation sites is 1. The van der Waals surface area contributed by atoms with E-state index in [1.807, 2.05) is 6.92 Å². The van der Waals surface area contributed by atoms with Crippen molar-refractivity contribution in [3.05, 3.63) is 42.5 Å². The van der Waals surface area contributed by atoms with Crippen LogP contribution in [0, 0.1) is 0 Å². The number of benzene rings is 2. The molecule has 0 fully saturated rings. The molecular formula is C19H24O5S2. The van der Waals surface area contributed by atoms with Gasteiger partial charge in [0.2, 0.25) is 0 Å². The van der Waals surface area contributed by atoms with E-state index in [1.54, 1.807) is 37.3 Å². The second-order valence-corrected chi connectivity index (χ2v) is 10.1. The molecule has 0 aromatic heterocycles. The molecule has 7 heteroatoms. The maximum Gasteiger partial charge on any atom is 0.182 e. The number of rotatable bonds is 8. The minimum absolute atomic E-state index is 0.00661. The smallest absolute Gasteiger partial charge is 0.182 e. The molecule has 2 aromatic rings. The molecule has 0 radical (unpaired) electrons. The van der Waals surface area contributed by atoms with E-state index >= 15 is 0 Å². The first-order valence-electron chi connectivity index (χ1n) is 8.50. The van der Waals surface area contributed by atoms with Crippen LogP contribution in [0.3, 0.4) is 0 Å². The molecule has 2 rings (SSSR count). The van der Waals surface area contributed by atoms with Crippen LogP contribution in [0.1, 0.15) is 26.7 Å². The van der Waals surface area contributed by atoms with Crippen molar-refractivity contribution in [2.75, 3.05) is 18.6 Å². The Bertz CT molecular complexity index is 977. The average molecular weight is 397 g/mol. The minimum atomic E-state index is -3.52. The van der Waals surface area contributed by atoms with Gasteiger partial charge in [0.1, 0.15) is 10.6 Å². The molecular weight excluding hydrogens is 372 g/mol. The van der Waals surface area contributed by atoms with Gasteiger partial charge in [-0.1, -0.05) is 44.2 Å². The summed E-state index contributed by atoms with van der Waals surface area (Å²) in [5, 5.41) is 0. The zero-order chi connectivity index (χ0) is 19.4. The van der Waals surface area contributed by atoms with Crippen LogP contribution in [0.4, 0.5) is 0 Å². The quantitative estimate of drug-likeness (QED) is 0.679. The largest absolute Gasteiger partial charge is 0.492 e. The first-order chi connectivity index (χ1) is 12.2. The summed E-state index contributed by atoms with van der Waals surface area (Å²) in [5.74, 6) is 0.228. The predicted octanol–water partition coefficient (Wildman–Crippen LogP) is 3.73. The zero-order valence-electron chi connectivity index (χ0n) is 15.2. The zero-order valence-corrected chi connectivity index (χ0v) is 16.9. The van der Waals surface area contributed by atoms with Crippen molar-refractivity contribution < 1.29 is 21.6 Å². The van der Waals surface area contributed by atoms with Crippen LogP contribution in [0.25, 0.3) is 11.1 Å². The molecule has 0 N–H and O–H groups in total. The van der Waals surface area contributed by atoms with E-state index in [4.69, 9.17) is 4.74 Å². The van der Waals surface area contributed by atoms with Gasteiger partial charge >= 0.3 is 0 Å². The van der Waals surface area contributed by atoms with Crippen LogP contribution < -0.4 is 4.74 Å². The summed E-state index contributed by atoms with van der Waals surface area (Å²) in [5.41, 5.74) is 0.909. The van der Waals surface area contributed by atoms with Crippen molar-refractivity contribution in [2.45, 2.75) is 36.5 Å². The first kappa shape index (κ1) is 20.5. The molecule has 0 aliphatic rings. The number of hydrogen-bond acceptors (Lipinski definition) is 5. The van der Waals surface area contributed by atoms with E-state index in [9.17, 15) is 16.8 Å². The maximum atomic E-state index is 12.7. The van der Waals surface area contributed by atoms with E-state index in [-0.39, 0.29) is 21.3 Å². The molecule has 2 aromatic carbocycles. The highest BCUT2D eigenvalue weighted by molar-refractivity contribution is 7.91. The van der Waals surface area contributed by atoms with Gasteiger partial charge < -0.3 is 4.74 Å². The Morgan fingerprint density at radius 3 is 2.04 bits per heavy atom. The molecule has 0 unspecified atom stereocenters. The third kappa shape index (κ3) is 4.45. The third-order valence-corrected chi connectivity index (χ3v) is 6.91. The highest BCUT2D eigenvalue weighted by atomic mass is 32.2. The molecule has 5 nitrogen and oxygen atoms in total. The van der Waals surface area contributed by atoms with Crippen molar-refractivity contribution in [2.24, 2.45) is 0 Å². The second kappa shape index (κ2) is 8.22. The van der Waals surface area contributed by atoms with Crippen LogP contribution in [0.5, 0.6) is 5.75 Å². The maximum absolute atomic E-state index is 12.7. The summed E-state index contributed by atoms with van der Waals surface area (Å²) in [6.45, 7) is 4.06. The van der Waals surface area contributed by atoms with Crippen molar-refractivity contribution in [3.63, 3.8) is 0 Å². The molecule has 142 valence electrons. The second-order valence-electron chi connectivity index (χ2n) is 6.07. The van der Waals surface area contributed by atoms with Crippen LogP contribution in [0.2, 0.25) is 0 Å². The van der Waals surface area contributed by atoms with Gasteiger partial charge in [0.05, 0.1) is 17.3 Å². The predicted molar refractivity (Wildman–Crippen MR) is 103 cm³/mol. The summed E-state index contributed by atoms with van der Waals surface area (Å²) in [4.78, 5) is 0.250. The van der Waals surface area contributed by atoms with Gasteiger partial charge in [-0.05, 0) is 25.0 Å². The molecule has 0 saturated heterocycles. The Labute approximate surface area is 155 Å². The van der Waals surface area contributed by atoms with Crippen molar-refractivity contribution >= 4 is 19.7 Å². The summed E-state index contributed by atoms with van der Waals surface area (Å²) in [7, 11) is -7.01. The van der Waals surface area contributed by atoms with E-state index in [0.717, 1.165) is 6.26 Å². The van der Waals surface area contributed by atoms with E-state index in [1.165, 1.54) is 12.1 Å². The fourth-order valence-electron chi connectivity index (χ4n) is 2.72. The minimum Gasteiger partial charge on any atom is -0.492 e. The highest BCUT2D eigenvalue weighted by Gasteiger charge is 2.24. The Morgan fingerprint density at radius 1 is 0.808 bits per heavy atom. The molecule has 0 bridgehead atoms. The van der Waals surface area contributed by atoms with Crippen LogP contribution in [-0.2, 0) is 19.7 Å². The fraction of sp³-hybridized carbons (Fsp3) is 0.368. The average Bonchev–Trinajstić information content (AvgIpc) is 2.59. The molecule has 26 heavy (non-hydrogen) atoms. The normalized spacial score (nSPS) is 12.1. The van der Waals surface area contributed by atoms with Crippen molar-refractivity contribution in [1.29, 1.82) is 0 Å². The first-order valence-corrected chi connectivity index (χ1v) is 12.0. The lowest BCUT2D eigenvalue weighted by atomic mass is 10.0. The third-order valence-electron chi connectivity index (χ3n) is 3.81. The highest BCUT2D eigenvalue weighted by Crippen LogP contribution is 2.39. The lowest BCUT2D eigenvalue weighted by Gasteiger charge is -2.17. The van der Waals surface area contributed by atoms with Crippen molar-refractivity contribution in [1.82, 2.24) is 0 Å². The molecule has 0 heterocycles. The van der Waals surface area contributed by atoms with Crippen molar-refractivity contribution in [3.8, 4) is 16.9 Å². The summed E-state index contributed by atoms with van der Waals surface area (Å²) >= 11 is 0. The van der Waals surface area contributed by atoms with E-state index < -0.39 is 19.7 Å². The van der Waals surface area contributed by atoms with Crippen LogP contribution >= 0.6 is 0 Å². The van der Waals surface area contributed by atoms with Gasteiger partial charge in [0.15, 0.2) is 19.7 Å². The Hall–Kier alpha value is -1.86. The van der Waals surface area contributed by atoms with Gasteiger partial charge in [-0.3, -0.25) is 0 Å². The molecule has 0 spiro atoms. The Kier molecular flexibility index (Phi) is 6.47. The van der Waals surface area contributed by atoms with Gasteiger partial charge in [0.25, 0.3) is 0 Å². The van der Waals surface area contributed by atoms with Gasteiger partial charge in [0, 0.05) is 17.4 Å². The van der Waals surface area contributed by atoms with E-state index in [2.05, 4.69) is 0 Å². The number of hydrogen-bond donors (Lipinski definition) is 0. The lowest BCUT2D eigenvalue weighted by Crippen LogP contribution is -2.10. The topological polar surface area (TPSA) is 77.5 Å². The Morgan fingerprint density at radius 2 is 1.42 bits per heavy atom. The fourth-order valence-corrected chi connectivity index (χ4v) is 5.11.